The van der Waals surface area contributed by atoms with Crippen molar-refractivity contribution in [2.75, 3.05) is 26.8 Å². The number of piperidine rings is 1. The molecule has 1 fully saturated rings. The van der Waals surface area contributed by atoms with Gasteiger partial charge in [0.05, 0.1) is 0 Å². The van der Waals surface area contributed by atoms with Crippen LogP contribution in [-0.4, -0.2) is 37.6 Å². The normalized spacial score (nSPS) is 18.5. The number of rotatable bonds is 7. The highest BCUT2D eigenvalue weighted by atomic mass is 35.5. The fraction of sp³-hybridized carbons (Fsp3) is 0.611. The van der Waals surface area contributed by atoms with Crippen molar-refractivity contribution < 1.29 is 9.53 Å². The van der Waals surface area contributed by atoms with Crippen LogP contribution in [0, 0.1) is 5.92 Å². The molecule has 1 unspecified atom stereocenters. The van der Waals surface area contributed by atoms with E-state index in [1.54, 1.807) is 7.11 Å². The number of hydrogen-bond donors (Lipinski definition) is 0. The van der Waals surface area contributed by atoms with E-state index in [1.807, 2.05) is 29.2 Å². The molecule has 3 nitrogen and oxygen atoms in total. The molecule has 1 aromatic rings. The standard InChI is InChI=1S/C18H26ClNO2/c1-22-12-4-7-16-6-3-11-20(14-16)18(21)10-9-15-5-2-8-17(19)13-15/h2,5,8,13,16H,3-4,6-7,9-12,14H2,1H3. The molecule has 0 bridgehead atoms. The number of methoxy groups -OCH3 is 1. The van der Waals surface area contributed by atoms with Crippen LogP contribution >= 0.6 is 11.6 Å². The summed E-state index contributed by atoms with van der Waals surface area (Å²) in [7, 11) is 1.74. The third-order valence-corrected chi connectivity index (χ3v) is 4.58. The molecule has 1 aliphatic heterocycles. The Labute approximate surface area is 138 Å². The monoisotopic (exact) mass is 323 g/mol. The highest BCUT2D eigenvalue weighted by molar-refractivity contribution is 6.30. The molecule has 0 aromatic heterocycles. The van der Waals surface area contributed by atoms with Crippen LogP contribution in [-0.2, 0) is 16.0 Å². The van der Waals surface area contributed by atoms with Gasteiger partial charge in [-0.25, -0.2) is 0 Å². The molecule has 1 saturated heterocycles. The van der Waals surface area contributed by atoms with Crippen LogP contribution in [0.5, 0.6) is 0 Å². The zero-order chi connectivity index (χ0) is 15.8. The number of hydrogen-bond acceptors (Lipinski definition) is 2. The Hall–Kier alpha value is -1.06. The topological polar surface area (TPSA) is 29.5 Å². The summed E-state index contributed by atoms with van der Waals surface area (Å²) in [4.78, 5) is 14.4. The zero-order valence-electron chi connectivity index (χ0n) is 13.4. The maximum Gasteiger partial charge on any atom is 0.222 e. The van der Waals surface area contributed by atoms with Gasteiger partial charge in [0.15, 0.2) is 0 Å². The molecule has 1 aromatic carbocycles. The molecular formula is C18H26ClNO2. The van der Waals surface area contributed by atoms with Gasteiger partial charge in [-0.15, -0.1) is 0 Å². The van der Waals surface area contributed by atoms with Gasteiger partial charge in [-0.1, -0.05) is 23.7 Å². The average molecular weight is 324 g/mol. The van der Waals surface area contributed by atoms with Gasteiger partial charge in [-0.2, -0.15) is 0 Å². The number of ether oxygens (including phenoxy) is 1. The maximum absolute atomic E-state index is 12.4. The Kier molecular flexibility index (Phi) is 7.20. The van der Waals surface area contributed by atoms with Gasteiger partial charge < -0.3 is 9.64 Å². The Balaban J connectivity index is 1.76. The van der Waals surface area contributed by atoms with Crippen LogP contribution in [0.2, 0.25) is 5.02 Å². The largest absolute Gasteiger partial charge is 0.385 e. The van der Waals surface area contributed by atoms with Gasteiger partial charge in [0.25, 0.3) is 0 Å². The predicted molar refractivity (Wildman–Crippen MR) is 90.2 cm³/mol. The summed E-state index contributed by atoms with van der Waals surface area (Å²) >= 11 is 5.98. The molecule has 2 rings (SSSR count). The molecular weight excluding hydrogens is 298 g/mol. The van der Waals surface area contributed by atoms with Crippen LogP contribution in [0.1, 0.15) is 37.7 Å². The third-order valence-electron chi connectivity index (χ3n) is 4.35. The molecule has 1 heterocycles. The van der Waals surface area contributed by atoms with Crippen molar-refractivity contribution in [1.29, 1.82) is 0 Å². The summed E-state index contributed by atoms with van der Waals surface area (Å²) < 4.78 is 5.11. The lowest BCUT2D eigenvalue weighted by atomic mass is 9.93. The first-order chi connectivity index (χ1) is 10.7. The summed E-state index contributed by atoms with van der Waals surface area (Å²) in [5, 5.41) is 0.737. The van der Waals surface area contributed by atoms with Crippen molar-refractivity contribution in [2.45, 2.75) is 38.5 Å². The number of halogens is 1. The van der Waals surface area contributed by atoms with Crippen molar-refractivity contribution in [3.05, 3.63) is 34.9 Å². The quantitative estimate of drug-likeness (QED) is 0.711. The maximum atomic E-state index is 12.4. The van der Waals surface area contributed by atoms with Crippen LogP contribution < -0.4 is 0 Å². The number of aryl methyl sites for hydroxylation is 1. The van der Waals surface area contributed by atoms with Crippen molar-refractivity contribution >= 4 is 17.5 Å². The summed E-state index contributed by atoms with van der Waals surface area (Å²) in [5.74, 6) is 0.912. The van der Waals surface area contributed by atoms with Crippen molar-refractivity contribution in [2.24, 2.45) is 5.92 Å². The molecule has 1 atom stereocenters. The van der Waals surface area contributed by atoms with Crippen LogP contribution in [0.4, 0.5) is 0 Å². The first-order valence-electron chi connectivity index (χ1n) is 8.20. The molecule has 0 spiro atoms. The fourth-order valence-electron chi connectivity index (χ4n) is 3.15. The summed E-state index contributed by atoms with van der Waals surface area (Å²) in [5.41, 5.74) is 1.13. The number of likely N-dealkylation sites (tertiary alicyclic amines) is 1. The highest BCUT2D eigenvalue weighted by Gasteiger charge is 2.22. The molecule has 122 valence electrons. The average Bonchev–Trinajstić information content (AvgIpc) is 2.53. The first kappa shape index (κ1) is 17.3. The van der Waals surface area contributed by atoms with Gasteiger partial charge in [0.1, 0.15) is 0 Å². The molecule has 22 heavy (non-hydrogen) atoms. The third kappa shape index (κ3) is 5.62. The van der Waals surface area contributed by atoms with Crippen LogP contribution in [0.25, 0.3) is 0 Å². The van der Waals surface area contributed by atoms with Crippen LogP contribution in [0.3, 0.4) is 0 Å². The second-order valence-corrected chi connectivity index (χ2v) is 6.55. The Morgan fingerprint density at radius 1 is 1.45 bits per heavy atom. The van der Waals surface area contributed by atoms with Crippen molar-refractivity contribution in [3.63, 3.8) is 0 Å². The molecule has 1 aliphatic rings. The summed E-state index contributed by atoms with van der Waals surface area (Å²) in [6.45, 7) is 2.65. The Morgan fingerprint density at radius 3 is 3.09 bits per heavy atom. The number of carbonyl (C=O) groups is 1. The Morgan fingerprint density at radius 2 is 2.32 bits per heavy atom. The van der Waals surface area contributed by atoms with E-state index in [0.29, 0.717) is 12.3 Å². The number of amides is 1. The van der Waals surface area contributed by atoms with Crippen molar-refractivity contribution in [3.8, 4) is 0 Å². The van der Waals surface area contributed by atoms with Gasteiger partial charge in [0.2, 0.25) is 5.91 Å². The molecule has 0 radical (unpaired) electrons. The zero-order valence-corrected chi connectivity index (χ0v) is 14.1. The van der Waals surface area contributed by atoms with E-state index in [0.717, 1.165) is 56.0 Å². The molecule has 0 N–H and O–H groups in total. The van der Waals surface area contributed by atoms with E-state index in [1.165, 1.54) is 6.42 Å². The van der Waals surface area contributed by atoms with E-state index >= 15 is 0 Å². The van der Waals surface area contributed by atoms with Crippen LogP contribution in [0.15, 0.2) is 24.3 Å². The lowest BCUT2D eigenvalue weighted by molar-refractivity contribution is -0.133. The lowest BCUT2D eigenvalue weighted by Crippen LogP contribution is -2.40. The van der Waals surface area contributed by atoms with E-state index < -0.39 is 0 Å². The number of nitrogens with zero attached hydrogens (tertiary/aromatic N) is 1. The second-order valence-electron chi connectivity index (χ2n) is 6.11. The van der Waals surface area contributed by atoms with E-state index in [-0.39, 0.29) is 5.91 Å². The fourth-order valence-corrected chi connectivity index (χ4v) is 3.36. The highest BCUT2D eigenvalue weighted by Crippen LogP contribution is 2.22. The smallest absolute Gasteiger partial charge is 0.222 e. The summed E-state index contributed by atoms with van der Waals surface area (Å²) in [6.07, 6.45) is 5.95. The van der Waals surface area contributed by atoms with E-state index in [9.17, 15) is 4.79 Å². The van der Waals surface area contributed by atoms with Gasteiger partial charge in [0, 0.05) is 38.2 Å². The second kappa shape index (κ2) is 9.16. The number of benzene rings is 1. The molecule has 4 heteroatoms. The molecule has 1 amide bonds. The van der Waals surface area contributed by atoms with Gasteiger partial charge in [-0.05, 0) is 55.7 Å². The minimum absolute atomic E-state index is 0.274. The predicted octanol–water partition coefficient (Wildman–Crippen LogP) is 3.94. The van der Waals surface area contributed by atoms with Gasteiger partial charge >= 0.3 is 0 Å². The lowest BCUT2D eigenvalue weighted by Gasteiger charge is -2.33. The minimum atomic E-state index is 0.274. The first-order valence-corrected chi connectivity index (χ1v) is 8.58. The SMILES string of the molecule is COCCCC1CCCN(C(=O)CCc2cccc(Cl)c2)C1. The summed E-state index contributed by atoms with van der Waals surface area (Å²) in [6, 6.07) is 7.78. The number of carbonyl (C=O) groups excluding carboxylic acids is 1. The molecule has 0 aliphatic carbocycles. The van der Waals surface area contributed by atoms with Gasteiger partial charge in [-0.3, -0.25) is 4.79 Å². The Bertz CT molecular complexity index is 478. The molecule has 0 saturated carbocycles. The van der Waals surface area contributed by atoms with Crippen molar-refractivity contribution in [1.82, 2.24) is 4.90 Å². The minimum Gasteiger partial charge on any atom is -0.385 e. The van der Waals surface area contributed by atoms with E-state index in [4.69, 9.17) is 16.3 Å². The van der Waals surface area contributed by atoms with E-state index in [2.05, 4.69) is 0 Å².